The van der Waals surface area contributed by atoms with Crippen molar-refractivity contribution in [2.75, 3.05) is 20.8 Å². The Labute approximate surface area is 112 Å². The van der Waals surface area contributed by atoms with Crippen molar-refractivity contribution in [3.05, 3.63) is 23.8 Å². The van der Waals surface area contributed by atoms with Crippen LogP contribution in [0.15, 0.2) is 18.2 Å². The lowest BCUT2D eigenvalue weighted by Crippen LogP contribution is -2.15. The van der Waals surface area contributed by atoms with E-state index in [1.54, 1.807) is 0 Å². The first-order chi connectivity index (χ1) is 11.2. The van der Waals surface area contributed by atoms with Crippen LogP contribution in [-0.2, 0) is 11.1 Å². The number of ether oxygens (including phenoxy) is 3. The van der Waals surface area contributed by atoms with Gasteiger partial charge in [0.25, 0.3) is 0 Å². The predicted octanol–water partition coefficient (Wildman–Crippen LogP) is 1.40. The van der Waals surface area contributed by atoms with E-state index < -0.39 is 31.5 Å². The van der Waals surface area contributed by atoms with E-state index in [4.69, 9.17) is 25.2 Å². The smallest absolute Gasteiger partial charge is 0.160 e. The van der Waals surface area contributed by atoms with Crippen LogP contribution >= 0.6 is 0 Å². The predicted molar refractivity (Wildman–Crippen MR) is 63.6 cm³/mol. The molecule has 1 fully saturated rings. The summed E-state index contributed by atoms with van der Waals surface area (Å²) < 4.78 is 77.0. The molecule has 0 saturated carbocycles. The van der Waals surface area contributed by atoms with E-state index in [2.05, 4.69) is 0 Å². The molecular formula is C13H18O4. The molecule has 1 heterocycles. The standard InChI is InChI=1S/C13H18O4/c1-13(12(8-14)17-13)7-9-4-5-10(15-2)11(6-9)16-3/h4-6,12,14H,7-8H2,1-3H3/i1D3,7D2,8D2,12D. The van der Waals surface area contributed by atoms with E-state index in [1.807, 2.05) is 0 Å². The van der Waals surface area contributed by atoms with Crippen LogP contribution in [0.3, 0.4) is 0 Å². The fraction of sp³-hybridized carbons (Fsp3) is 0.538. The molecular weight excluding hydrogens is 220 g/mol. The lowest BCUT2D eigenvalue weighted by molar-refractivity contribution is 0.236. The van der Waals surface area contributed by atoms with Crippen molar-refractivity contribution in [1.82, 2.24) is 0 Å². The first kappa shape index (κ1) is 5.59. The molecule has 0 radical (unpaired) electrons. The molecule has 0 amide bonds. The van der Waals surface area contributed by atoms with Gasteiger partial charge in [-0.3, -0.25) is 0 Å². The van der Waals surface area contributed by atoms with Gasteiger partial charge in [0.2, 0.25) is 0 Å². The van der Waals surface area contributed by atoms with Gasteiger partial charge in [-0.1, -0.05) is 6.07 Å². The van der Waals surface area contributed by atoms with Crippen molar-refractivity contribution in [1.29, 1.82) is 0 Å². The Balaban J connectivity index is 2.64. The maximum absolute atomic E-state index is 9.57. The minimum absolute atomic E-state index is 0.118. The van der Waals surface area contributed by atoms with Gasteiger partial charge in [-0.15, -0.1) is 0 Å². The molecule has 1 saturated heterocycles. The Morgan fingerprint density at radius 1 is 1.53 bits per heavy atom. The van der Waals surface area contributed by atoms with Gasteiger partial charge in [-0.05, 0) is 24.5 Å². The molecule has 1 aliphatic rings. The SMILES string of the molecule is [2H]C([2H])([2H])C1(C([2H])([2H])c2ccc(OC)c(OC)c2)OC1([2H])C([2H])([2H])O. The summed E-state index contributed by atoms with van der Waals surface area (Å²) in [5, 5.41) is 9.57. The lowest BCUT2D eigenvalue weighted by atomic mass is 9.98. The number of aliphatic hydroxyl groups is 1. The molecule has 0 aliphatic carbocycles. The molecule has 94 valence electrons. The minimum Gasteiger partial charge on any atom is -0.493 e. The van der Waals surface area contributed by atoms with Gasteiger partial charge in [0.05, 0.1) is 30.5 Å². The number of rotatable bonds is 5. The Kier molecular flexibility index (Phi) is 1.49. The van der Waals surface area contributed by atoms with Gasteiger partial charge in [0, 0.05) is 13.2 Å². The van der Waals surface area contributed by atoms with Crippen LogP contribution in [0.25, 0.3) is 0 Å². The highest BCUT2D eigenvalue weighted by molar-refractivity contribution is 5.43. The van der Waals surface area contributed by atoms with E-state index in [0.717, 1.165) is 0 Å². The summed E-state index contributed by atoms with van der Waals surface area (Å²) >= 11 is 0. The quantitative estimate of drug-likeness (QED) is 0.798. The molecule has 17 heavy (non-hydrogen) atoms. The van der Waals surface area contributed by atoms with Crippen molar-refractivity contribution < 1.29 is 30.3 Å². The van der Waals surface area contributed by atoms with Crippen LogP contribution in [-0.4, -0.2) is 37.6 Å². The molecule has 1 aromatic carbocycles. The topological polar surface area (TPSA) is 51.2 Å². The van der Waals surface area contributed by atoms with E-state index in [9.17, 15) is 5.11 Å². The molecule has 1 N–H and O–H groups in total. The Hall–Kier alpha value is -1.26. The van der Waals surface area contributed by atoms with E-state index in [1.165, 1.54) is 32.4 Å². The molecule has 2 unspecified atom stereocenters. The number of methoxy groups -OCH3 is 2. The van der Waals surface area contributed by atoms with E-state index in [0.29, 0.717) is 0 Å². The second-order valence-corrected chi connectivity index (χ2v) is 3.42. The Morgan fingerprint density at radius 2 is 2.29 bits per heavy atom. The molecule has 1 aromatic rings. The lowest BCUT2D eigenvalue weighted by Gasteiger charge is -2.11. The van der Waals surface area contributed by atoms with Crippen LogP contribution in [0.4, 0.5) is 0 Å². The molecule has 1 aliphatic heterocycles. The van der Waals surface area contributed by atoms with Crippen LogP contribution in [0.2, 0.25) is 0 Å². The zero-order valence-electron chi connectivity index (χ0n) is 17.4. The second-order valence-electron chi connectivity index (χ2n) is 3.42. The van der Waals surface area contributed by atoms with Gasteiger partial charge in [-0.2, -0.15) is 0 Å². The van der Waals surface area contributed by atoms with Gasteiger partial charge in [-0.25, -0.2) is 0 Å². The van der Waals surface area contributed by atoms with Gasteiger partial charge >= 0.3 is 0 Å². The maximum Gasteiger partial charge on any atom is 0.160 e. The molecule has 2 rings (SSSR count). The maximum atomic E-state index is 9.57. The molecule has 0 aromatic heterocycles. The third-order valence-corrected chi connectivity index (χ3v) is 2.34. The van der Waals surface area contributed by atoms with Crippen molar-refractivity contribution in [3.8, 4) is 11.5 Å². The number of epoxide rings is 1. The summed E-state index contributed by atoms with van der Waals surface area (Å²) in [4.78, 5) is 0. The average Bonchev–Trinajstić information content (AvgIpc) is 3.16. The summed E-state index contributed by atoms with van der Waals surface area (Å²) in [6.45, 7) is -6.63. The van der Waals surface area contributed by atoms with Crippen LogP contribution in [0.5, 0.6) is 11.5 Å². The highest BCUT2D eigenvalue weighted by atomic mass is 16.6. The Bertz CT molecular complexity index is 671. The second kappa shape index (κ2) is 4.55. The van der Waals surface area contributed by atoms with Crippen molar-refractivity contribution >= 4 is 0 Å². The molecule has 0 spiro atoms. The fourth-order valence-electron chi connectivity index (χ4n) is 1.43. The summed E-state index contributed by atoms with van der Waals surface area (Å²) in [6, 6.07) is 3.76. The first-order valence-electron chi connectivity index (χ1n) is 8.84. The van der Waals surface area contributed by atoms with Crippen molar-refractivity contribution in [3.63, 3.8) is 0 Å². The third-order valence-electron chi connectivity index (χ3n) is 2.34. The monoisotopic (exact) mass is 246 g/mol. The molecule has 4 heteroatoms. The zero-order chi connectivity index (χ0) is 19.5. The van der Waals surface area contributed by atoms with E-state index >= 15 is 0 Å². The van der Waals surface area contributed by atoms with Gasteiger partial charge in [0.1, 0.15) is 6.08 Å². The van der Waals surface area contributed by atoms with Crippen molar-refractivity contribution in [2.45, 2.75) is 24.9 Å². The highest BCUT2D eigenvalue weighted by Crippen LogP contribution is 2.40. The van der Waals surface area contributed by atoms with Crippen molar-refractivity contribution in [2.24, 2.45) is 0 Å². The van der Waals surface area contributed by atoms with Crippen LogP contribution in [0, 0.1) is 0 Å². The fourth-order valence-corrected chi connectivity index (χ4v) is 1.43. The summed E-state index contributed by atoms with van der Waals surface area (Å²) in [5.41, 5.74) is -3.13. The number of hydrogen-bond donors (Lipinski definition) is 1. The normalized spacial score (nSPS) is 40.4. The third kappa shape index (κ3) is 2.37. The first-order valence-corrected chi connectivity index (χ1v) is 4.84. The van der Waals surface area contributed by atoms with Crippen LogP contribution < -0.4 is 9.47 Å². The van der Waals surface area contributed by atoms with Gasteiger partial charge < -0.3 is 19.3 Å². The molecule has 0 bridgehead atoms. The Morgan fingerprint density at radius 3 is 2.82 bits per heavy atom. The zero-order valence-corrected chi connectivity index (χ0v) is 9.40. The number of hydrogen-bond acceptors (Lipinski definition) is 4. The highest BCUT2D eigenvalue weighted by Gasteiger charge is 2.51. The molecule has 2 atom stereocenters. The largest absolute Gasteiger partial charge is 0.493 e. The minimum atomic E-state index is -3.40. The van der Waals surface area contributed by atoms with Gasteiger partial charge in [0.15, 0.2) is 11.5 Å². The summed E-state index contributed by atoms with van der Waals surface area (Å²) in [6.07, 6.45) is -5.86. The average molecular weight is 246 g/mol. The van der Waals surface area contributed by atoms with Crippen LogP contribution in [0.1, 0.15) is 23.4 Å². The number of benzene rings is 1. The molecule has 4 nitrogen and oxygen atoms in total. The van der Waals surface area contributed by atoms with E-state index in [-0.39, 0.29) is 17.1 Å². The summed E-state index contributed by atoms with van der Waals surface area (Å²) in [7, 11) is 2.68. The summed E-state index contributed by atoms with van der Waals surface area (Å²) in [5.74, 6) is 0.393.